The molecule has 0 spiro atoms. The van der Waals surface area contributed by atoms with Crippen molar-refractivity contribution in [2.24, 2.45) is 11.7 Å². The lowest BCUT2D eigenvalue weighted by Gasteiger charge is -2.51. The van der Waals surface area contributed by atoms with E-state index in [1.165, 1.54) is 0 Å². The second kappa shape index (κ2) is 3.67. The van der Waals surface area contributed by atoms with E-state index >= 15 is 0 Å². The van der Waals surface area contributed by atoms with E-state index < -0.39 is 0 Å². The summed E-state index contributed by atoms with van der Waals surface area (Å²) in [5.74, 6) is 0.445. The van der Waals surface area contributed by atoms with Crippen LogP contribution in [-0.2, 0) is 0 Å². The molecular weight excluding hydrogens is 190 g/mol. The monoisotopic (exact) mass is 211 g/mol. The predicted octanol–water partition coefficient (Wildman–Crippen LogP) is 0.871. The Balaban J connectivity index is 1.86. The minimum Gasteiger partial charge on any atom is -0.325 e. The van der Waals surface area contributed by atoms with E-state index in [2.05, 4.69) is 13.8 Å². The molecule has 0 bridgehead atoms. The Hall–Kier alpha value is -0.770. The molecule has 0 aliphatic carbocycles. The maximum absolute atomic E-state index is 11.9. The summed E-state index contributed by atoms with van der Waals surface area (Å²) in [6, 6.07) is 0.189. The molecule has 2 rings (SSSR count). The first-order chi connectivity index (χ1) is 7.03. The summed E-state index contributed by atoms with van der Waals surface area (Å²) in [6.45, 7) is 7.54. The standard InChI is InChI=1S/C11H21N3O/c1-9(2)11(12)7-14(8-11)10(15)13-5-3-4-6-13/h9H,3-8,12H2,1-2H3. The Morgan fingerprint density at radius 1 is 1.20 bits per heavy atom. The van der Waals surface area contributed by atoms with Crippen LogP contribution in [0.1, 0.15) is 26.7 Å². The third kappa shape index (κ3) is 1.83. The van der Waals surface area contributed by atoms with Gasteiger partial charge in [-0.15, -0.1) is 0 Å². The van der Waals surface area contributed by atoms with Crippen molar-refractivity contribution in [3.63, 3.8) is 0 Å². The Kier molecular flexibility index (Phi) is 2.63. The summed E-state index contributed by atoms with van der Waals surface area (Å²) in [5.41, 5.74) is 6.02. The first-order valence-corrected chi connectivity index (χ1v) is 5.86. The van der Waals surface area contributed by atoms with Crippen LogP contribution in [0.15, 0.2) is 0 Å². The highest BCUT2D eigenvalue weighted by Crippen LogP contribution is 2.27. The average molecular weight is 211 g/mol. The predicted molar refractivity (Wildman–Crippen MR) is 59.5 cm³/mol. The van der Waals surface area contributed by atoms with Crippen LogP contribution in [0.5, 0.6) is 0 Å². The van der Waals surface area contributed by atoms with Crippen LogP contribution in [0.4, 0.5) is 4.79 Å². The molecule has 2 aliphatic heterocycles. The number of hydrogen-bond donors (Lipinski definition) is 1. The van der Waals surface area contributed by atoms with E-state index in [1.807, 2.05) is 9.80 Å². The number of nitrogens with two attached hydrogens (primary N) is 1. The number of carbonyl (C=O) groups excluding carboxylic acids is 1. The van der Waals surface area contributed by atoms with Crippen molar-refractivity contribution in [3.8, 4) is 0 Å². The van der Waals surface area contributed by atoms with Crippen molar-refractivity contribution in [2.45, 2.75) is 32.2 Å². The Morgan fingerprint density at radius 3 is 2.20 bits per heavy atom. The topological polar surface area (TPSA) is 49.6 Å². The zero-order chi connectivity index (χ0) is 11.1. The molecule has 0 atom stereocenters. The summed E-state index contributed by atoms with van der Waals surface area (Å²) in [4.78, 5) is 15.8. The number of urea groups is 1. The van der Waals surface area contributed by atoms with E-state index in [-0.39, 0.29) is 11.6 Å². The zero-order valence-electron chi connectivity index (χ0n) is 9.70. The molecule has 2 amide bonds. The molecule has 0 aromatic rings. The Labute approximate surface area is 91.4 Å². The lowest BCUT2D eigenvalue weighted by atomic mass is 9.80. The first kappa shape index (κ1) is 10.7. The summed E-state index contributed by atoms with van der Waals surface area (Å²) in [6.07, 6.45) is 2.30. The molecule has 0 saturated carbocycles. The quantitative estimate of drug-likeness (QED) is 0.699. The molecule has 0 unspecified atom stereocenters. The summed E-state index contributed by atoms with van der Waals surface area (Å²) in [7, 11) is 0. The van der Waals surface area contributed by atoms with Crippen molar-refractivity contribution in [1.29, 1.82) is 0 Å². The molecule has 86 valence electrons. The third-order valence-corrected chi connectivity index (χ3v) is 3.77. The highest BCUT2D eigenvalue weighted by molar-refractivity contribution is 5.76. The Morgan fingerprint density at radius 2 is 1.73 bits per heavy atom. The van der Waals surface area contributed by atoms with E-state index in [1.54, 1.807) is 0 Å². The second-order valence-electron chi connectivity index (χ2n) is 5.22. The summed E-state index contributed by atoms with van der Waals surface area (Å²) in [5, 5.41) is 0. The fourth-order valence-corrected chi connectivity index (χ4v) is 2.27. The molecule has 0 aromatic carbocycles. The van der Waals surface area contributed by atoms with Gasteiger partial charge in [0.1, 0.15) is 0 Å². The summed E-state index contributed by atoms with van der Waals surface area (Å²) < 4.78 is 0. The molecule has 4 heteroatoms. The number of nitrogens with zero attached hydrogens (tertiary/aromatic N) is 2. The maximum atomic E-state index is 11.9. The number of rotatable bonds is 1. The normalized spacial score (nSPS) is 24.5. The van der Waals surface area contributed by atoms with Gasteiger partial charge in [-0.2, -0.15) is 0 Å². The molecule has 0 aromatic heterocycles. The highest BCUT2D eigenvalue weighted by atomic mass is 16.2. The number of amides is 2. The molecule has 2 N–H and O–H groups in total. The molecule has 2 saturated heterocycles. The smallest absolute Gasteiger partial charge is 0.320 e. The van der Waals surface area contributed by atoms with Crippen LogP contribution in [0.25, 0.3) is 0 Å². The molecular formula is C11H21N3O. The van der Waals surface area contributed by atoms with E-state index in [4.69, 9.17) is 5.73 Å². The minimum atomic E-state index is -0.143. The van der Waals surface area contributed by atoms with Crippen LogP contribution in [-0.4, -0.2) is 47.5 Å². The van der Waals surface area contributed by atoms with E-state index in [0.29, 0.717) is 5.92 Å². The van der Waals surface area contributed by atoms with Crippen LogP contribution in [0.3, 0.4) is 0 Å². The van der Waals surface area contributed by atoms with Gasteiger partial charge in [0.2, 0.25) is 0 Å². The molecule has 2 aliphatic rings. The molecule has 4 nitrogen and oxygen atoms in total. The molecule has 0 radical (unpaired) electrons. The van der Waals surface area contributed by atoms with Gasteiger partial charge in [-0.05, 0) is 18.8 Å². The van der Waals surface area contributed by atoms with E-state index in [9.17, 15) is 4.79 Å². The third-order valence-electron chi connectivity index (χ3n) is 3.77. The second-order valence-corrected chi connectivity index (χ2v) is 5.22. The van der Waals surface area contributed by atoms with Gasteiger partial charge in [-0.1, -0.05) is 13.8 Å². The van der Waals surface area contributed by atoms with Gasteiger partial charge in [-0.3, -0.25) is 0 Å². The van der Waals surface area contributed by atoms with Crippen molar-refractivity contribution in [2.75, 3.05) is 26.2 Å². The van der Waals surface area contributed by atoms with Crippen LogP contribution in [0.2, 0.25) is 0 Å². The molecule has 2 fully saturated rings. The van der Waals surface area contributed by atoms with Gasteiger partial charge < -0.3 is 15.5 Å². The van der Waals surface area contributed by atoms with Crippen molar-refractivity contribution in [1.82, 2.24) is 9.80 Å². The van der Waals surface area contributed by atoms with Gasteiger partial charge in [-0.25, -0.2) is 4.79 Å². The van der Waals surface area contributed by atoms with Crippen LogP contribution in [0, 0.1) is 5.92 Å². The number of likely N-dealkylation sites (tertiary alicyclic amines) is 2. The molecule has 2 heterocycles. The molecule has 15 heavy (non-hydrogen) atoms. The lowest BCUT2D eigenvalue weighted by Crippen LogP contribution is -2.72. The van der Waals surface area contributed by atoms with Crippen LogP contribution < -0.4 is 5.73 Å². The SMILES string of the molecule is CC(C)C1(N)CN(C(=O)N2CCCC2)C1. The first-order valence-electron chi connectivity index (χ1n) is 5.86. The highest BCUT2D eigenvalue weighted by Gasteiger charge is 2.45. The Bertz CT molecular complexity index is 253. The van der Waals surface area contributed by atoms with Crippen LogP contribution >= 0.6 is 0 Å². The largest absolute Gasteiger partial charge is 0.325 e. The van der Waals surface area contributed by atoms with Crippen molar-refractivity contribution >= 4 is 6.03 Å². The van der Waals surface area contributed by atoms with Gasteiger partial charge in [0, 0.05) is 26.2 Å². The van der Waals surface area contributed by atoms with Gasteiger partial charge in [0.25, 0.3) is 0 Å². The summed E-state index contributed by atoms with van der Waals surface area (Å²) >= 11 is 0. The van der Waals surface area contributed by atoms with Crippen molar-refractivity contribution < 1.29 is 4.79 Å². The fourth-order valence-electron chi connectivity index (χ4n) is 2.27. The van der Waals surface area contributed by atoms with Crippen molar-refractivity contribution in [3.05, 3.63) is 0 Å². The number of carbonyl (C=O) groups is 1. The lowest BCUT2D eigenvalue weighted by molar-refractivity contribution is 0.0504. The zero-order valence-corrected chi connectivity index (χ0v) is 9.70. The minimum absolute atomic E-state index is 0.143. The number of hydrogen-bond acceptors (Lipinski definition) is 2. The maximum Gasteiger partial charge on any atom is 0.320 e. The fraction of sp³-hybridized carbons (Fsp3) is 0.909. The van der Waals surface area contributed by atoms with E-state index in [0.717, 1.165) is 39.0 Å². The van der Waals surface area contributed by atoms with Gasteiger partial charge in [0.15, 0.2) is 0 Å². The van der Waals surface area contributed by atoms with Gasteiger partial charge in [0.05, 0.1) is 5.54 Å². The average Bonchev–Trinajstić information content (AvgIpc) is 2.64. The van der Waals surface area contributed by atoms with Gasteiger partial charge >= 0.3 is 6.03 Å².